The summed E-state index contributed by atoms with van der Waals surface area (Å²) in [6.07, 6.45) is 0.290. The van der Waals surface area contributed by atoms with Gasteiger partial charge in [-0.2, -0.15) is 0 Å². The van der Waals surface area contributed by atoms with Gasteiger partial charge in [0.05, 0.1) is 12.6 Å². The van der Waals surface area contributed by atoms with E-state index in [0.29, 0.717) is 23.1 Å². The maximum Gasteiger partial charge on any atom is 0.257 e. The van der Waals surface area contributed by atoms with Crippen molar-refractivity contribution in [2.75, 3.05) is 19.5 Å². The van der Waals surface area contributed by atoms with Crippen LogP contribution < -0.4 is 10.9 Å². The summed E-state index contributed by atoms with van der Waals surface area (Å²) in [6, 6.07) is -0.162. The van der Waals surface area contributed by atoms with E-state index in [1.54, 1.807) is 18.6 Å². The molecule has 0 radical (unpaired) electrons. The summed E-state index contributed by atoms with van der Waals surface area (Å²) in [6.45, 7) is 5.98. The van der Waals surface area contributed by atoms with Gasteiger partial charge in [0.25, 0.3) is 5.56 Å². The molecule has 0 saturated carbocycles. The second kappa shape index (κ2) is 6.62. The first-order valence-corrected chi connectivity index (χ1v) is 7.93. The first-order chi connectivity index (χ1) is 9.93. The minimum absolute atomic E-state index is 0.0365. The predicted molar refractivity (Wildman–Crippen MR) is 81.8 cm³/mol. The molecular weight excluding hydrogens is 290 g/mol. The molecule has 2 unspecified atom stereocenters. The molecule has 2 atom stereocenters. The van der Waals surface area contributed by atoms with Gasteiger partial charge in [-0.25, -0.2) is 4.98 Å². The van der Waals surface area contributed by atoms with Crippen molar-refractivity contribution >= 4 is 17.7 Å². The van der Waals surface area contributed by atoms with Gasteiger partial charge in [0.2, 0.25) is 5.91 Å². The zero-order chi connectivity index (χ0) is 15.6. The van der Waals surface area contributed by atoms with Crippen LogP contribution in [0.25, 0.3) is 0 Å². The highest BCUT2D eigenvalue weighted by Crippen LogP contribution is 2.32. The Morgan fingerprint density at radius 1 is 1.57 bits per heavy atom. The predicted octanol–water partition coefficient (Wildman–Crippen LogP) is 1.05. The van der Waals surface area contributed by atoms with Gasteiger partial charge in [-0.15, -0.1) is 0 Å². The summed E-state index contributed by atoms with van der Waals surface area (Å²) >= 11 is 1.53. The Balaban J connectivity index is 2.11. The molecule has 1 amide bonds. The molecule has 6 nitrogen and oxygen atoms in total. The van der Waals surface area contributed by atoms with Crippen molar-refractivity contribution in [3.05, 3.63) is 21.6 Å². The Bertz CT molecular complexity index is 600. The largest absolute Gasteiger partial charge is 0.383 e. The average Bonchev–Trinajstić information content (AvgIpc) is 2.79. The molecule has 1 aromatic rings. The van der Waals surface area contributed by atoms with Crippen LogP contribution in [0.4, 0.5) is 0 Å². The Morgan fingerprint density at radius 3 is 2.95 bits per heavy atom. The zero-order valence-electron chi connectivity index (χ0n) is 12.8. The smallest absolute Gasteiger partial charge is 0.257 e. The fourth-order valence-electron chi connectivity index (χ4n) is 2.36. The minimum Gasteiger partial charge on any atom is -0.383 e. The summed E-state index contributed by atoms with van der Waals surface area (Å²) in [7, 11) is 1.60. The first-order valence-electron chi connectivity index (χ1n) is 6.94. The Hall–Kier alpha value is -1.34. The molecule has 1 aromatic heterocycles. The Kier molecular flexibility index (Phi) is 5.05. The van der Waals surface area contributed by atoms with Crippen LogP contribution in [0.2, 0.25) is 0 Å². The fraction of sp³-hybridized carbons (Fsp3) is 0.643. The number of carbonyl (C=O) groups excluding carboxylic acids is 1. The van der Waals surface area contributed by atoms with Crippen LogP contribution in [0.5, 0.6) is 0 Å². The number of fused-ring (bicyclic) bond motifs is 1. The van der Waals surface area contributed by atoms with Crippen molar-refractivity contribution in [3.8, 4) is 0 Å². The number of nitrogens with one attached hydrogen (secondary N) is 1. The van der Waals surface area contributed by atoms with Crippen molar-refractivity contribution in [2.24, 2.45) is 0 Å². The van der Waals surface area contributed by atoms with Crippen molar-refractivity contribution in [2.45, 2.75) is 44.4 Å². The molecule has 1 aliphatic heterocycles. The molecule has 1 N–H and O–H groups in total. The highest BCUT2D eigenvalue weighted by molar-refractivity contribution is 7.99. The number of rotatable bonds is 5. The van der Waals surface area contributed by atoms with E-state index < -0.39 is 0 Å². The lowest BCUT2D eigenvalue weighted by Crippen LogP contribution is -2.38. The molecule has 0 spiro atoms. The van der Waals surface area contributed by atoms with Crippen LogP contribution in [-0.2, 0) is 9.53 Å². The first kappa shape index (κ1) is 16.0. The number of aromatic nitrogens is 2. The van der Waals surface area contributed by atoms with Gasteiger partial charge >= 0.3 is 0 Å². The number of ether oxygens (including phenoxy) is 1. The molecular formula is C14H21N3O3S. The number of hydrogen-bond donors (Lipinski definition) is 1. The van der Waals surface area contributed by atoms with Gasteiger partial charge in [0.15, 0.2) is 5.16 Å². The SMILES string of the molecule is COCC(C)NC(=O)CC1CSc2nc(C)c(C)c(=O)n21. The van der Waals surface area contributed by atoms with E-state index in [4.69, 9.17) is 4.74 Å². The molecule has 0 bridgehead atoms. The quantitative estimate of drug-likeness (QED) is 0.823. The lowest BCUT2D eigenvalue weighted by atomic mass is 10.2. The van der Waals surface area contributed by atoms with Gasteiger partial charge in [-0.3, -0.25) is 14.2 Å². The standard InChI is InChI=1S/C14H21N3O3S/c1-8(6-20-4)15-12(18)5-11-7-21-14-16-10(3)9(2)13(19)17(11)14/h8,11H,5-7H2,1-4H3,(H,15,18). The van der Waals surface area contributed by atoms with Crippen LogP contribution in [0.15, 0.2) is 9.95 Å². The molecule has 0 fully saturated rings. The van der Waals surface area contributed by atoms with E-state index in [0.717, 1.165) is 5.69 Å². The number of nitrogens with zero attached hydrogens (tertiary/aromatic N) is 2. The van der Waals surface area contributed by atoms with Crippen molar-refractivity contribution in [1.29, 1.82) is 0 Å². The highest BCUT2D eigenvalue weighted by atomic mass is 32.2. The third-order valence-electron chi connectivity index (χ3n) is 3.57. The summed E-state index contributed by atoms with van der Waals surface area (Å²) in [5.41, 5.74) is 1.38. The van der Waals surface area contributed by atoms with Gasteiger partial charge in [0, 0.05) is 36.6 Å². The fourth-order valence-corrected chi connectivity index (χ4v) is 3.54. The lowest BCUT2D eigenvalue weighted by Gasteiger charge is -2.17. The van der Waals surface area contributed by atoms with Crippen molar-refractivity contribution in [3.63, 3.8) is 0 Å². The second-order valence-corrected chi connectivity index (χ2v) is 6.36. The molecule has 116 valence electrons. The van der Waals surface area contributed by atoms with Gasteiger partial charge in [-0.05, 0) is 20.8 Å². The molecule has 0 aliphatic carbocycles. The third kappa shape index (κ3) is 3.47. The number of amides is 1. The summed E-state index contributed by atoms with van der Waals surface area (Å²) in [5, 5.41) is 3.59. The van der Waals surface area contributed by atoms with Gasteiger partial charge in [-0.1, -0.05) is 11.8 Å². The second-order valence-electron chi connectivity index (χ2n) is 5.37. The van der Waals surface area contributed by atoms with Crippen LogP contribution in [-0.4, -0.2) is 41.0 Å². The Labute approximate surface area is 128 Å². The van der Waals surface area contributed by atoms with Crippen LogP contribution in [0, 0.1) is 13.8 Å². The van der Waals surface area contributed by atoms with Gasteiger partial charge < -0.3 is 10.1 Å². The maximum atomic E-state index is 12.4. The number of aryl methyl sites for hydroxylation is 1. The molecule has 7 heteroatoms. The minimum atomic E-state index is -0.126. The van der Waals surface area contributed by atoms with E-state index in [9.17, 15) is 9.59 Å². The van der Waals surface area contributed by atoms with E-state index in [1.165, 1.54) is 11.8 Å². The molecule has 2 rings (SSSR count). The monoisotopic (exact) mass is 311 g/mol. The third-order valence-corrected chi connectivity index (χ3v) is 4.66. The summed E-state index contributed by atoms with van der Waals surface area (Å²) < 4.78 is 6.65. The van der Waals surface area contributed by atoms with Crippen LogP contribution >= 0.6 is 11.8 Å². The van der Waals surface area contributed by atoms with E-state index >= 15 is 0 Å². The summed E-state index contributed by atoms with van der Waals surface area (Å²) in [4.78, 5) is 28.8. The van der Waals surface area contributed by atoms with Crippen molar-refractivity contribution in [1.82, 2.24) is 14.9 Å². The van der Waals surface area contributed by atoms with E-state index in [1.807, 2.05) is 13.8 Å². The van der Waals surface area contributed by atoms with Gasteiger partial charge in [0.1, 0.15) is 0 Å². The number of hydrogen-bond acceptors (Lipinski definition) is 5. The maximum absolute atomic E-state index is 12.4. The molecule has 2 heterocycles. The molecule has 0 aromatic carbocycles. The Morgan fingerprint density at radius 2 is 2.29 bits per heavy atom. The highest BCUT2D eigenvalue weighted by Gasteiger charge is 2.28. The molecule has 21 heavy (non-hydrogen) atoms. The number of carbonyl (C=O) groups is 1. The number of methoxy groups -OCH3 is 1. The van der Waals surface area contributed by atoms with Crippen LogP contribution in [0.1, 0.15) is 30.6 Å². The number of thioether (sulfide) groups is 1. The molecule has 0 saturated heterocycles. The topological polar surface area (TPSA) is 73.2 Å². The molecule has 1 aliphatic rings. The van der Waals surface area contributed by atoms with Crippen molar-refractivity contribution < 1.29 is 9.53 Å². The lowest BCUT2D eigenvalue weighted by molar-refractivity contribution is -0.122. The van der Waals surface area contributed by atoms with E-state index in [-0.39, 0.29) is 30.0 Å². The zero-order valence-corrected chi connectivity index (χ0v) is 13.6. The average molecular weight is 311 g/mol. The summed E-state index contributed by atoms with van der Waals surface area (Å²) in [5.74, 6) is 0.639. The van der Waals surface area contributed by atoms with E-state index in [2.05, 4.69) is 10.3 Å². The normalized spacial score (nSPS) is 18.4. The van der Waals surface area contributed by atoms with Crippen LogP contribution in [0.3, 0.4) is 0 Å².